The van der Waals surface area contributed by atoms with Gasteiger partial charge in [-0.1, -0.05) is 13.8 Å². The molecule has 0 unspecified atom stereocenters. The van der Waals surface area contributed by atoms with Crippen LogP contribution < -0.4 is 5.32 Å². The Morgan fingerprint density at radius 1 is 1.44 bits per heavy atom. The summed E-state index contributed by atoms with van der Waals surface area (Å²) in [7, 11) is 0. The maximum absolute atomic E-state index is 12.8. The van der Waals surface area contributed by atoms with Gasteiger partial charge in [-0.2, -0.15) is 0 Å². The van der Waals surface area contributed by atoms with Gasteiger partial charge in [-0.05, 0) is 43.0 Å². The topological polar surface area (TPSA) is 29.1 Å². The highest BCUT2D eigenvalue weighted by atomic mass is 19.1. The van der Waals surface area contributed by atoms with E-state index >= 15 is 0 Å². The van der Waals surface area contributed by atoms with Crippen LogP contribution in [0.1, 0.15) is 36.2 Å². The smallest absolute Gasteiger partial charge is 0.251 e. The zero-order chi connectivity index (χ0) is 12.1. The average Bonchev–Trinajstić information content (AvgIpc) is 2.16. The van der Waals surface area contributed by atoms with Gasteiger partial charge in [0, 0.05) is 12.1 Å². The zero-order valence-electron chi connectivity index (χ0n) is 10.0. The maximum atomic E-state index is 12.8. The quantitative estimate of drug-likeness (QED) is 0.835. The summed E-state index contributed by atoms with van der Waals surface area (Å²) in [5, 5.41) is 2.83. The molecule has 1 aromatic rings. The van der Waals surface area contributed by atoms with Crippen molar-refractivity contribution in [3.63, 3.8) is 0 Å². The van der Waals surface area contributed by atoms with Gasteiger partial charge >= 0.3 is 0 Å². The van der Waals surface area contributed by atoms with Crippen LogP contribution in [0.15, 0.2) is 18.2 Å². The fraction of sp³-hybridized carbons (Fsp3) is 0.462. The number of carbonyl (C=O) groups excluding carboxylic acids is 1. The van der Waals surface area contributed by atoms with Gasteiger partial charge in [-0.15, -0.1) is 0 Å². The standard InChI is InChI=1S/C13H18FNO/c1-9(2)6-7-15-13(16)12-5-4-11(14)8-10(12)3/h4-5,8-9H,6-7H2,1-3H3,(H,15,16). The highest BCUT2D eigenvalue weighted by Gasteiger charge is 2.08. The van der Waals surface area contributed by atoms with Gasteiger partial charge in [0.1, 0.15) is 5.82 Å². The van der Waals surface area contributed by atoms with Crippen LogP contribution in [0.4, 0.5) is 4.39 Å². The first-order valence-electron chi connectivity index (χ1n) is 5.55. The Bertz CT molecular complexity index is 374. The number of amides is 1. The molecule has 0 spiro atoms. The van der Waals surface area contributed by atoms with Crippen molar-refractivity contribution in [2.75, 3.05) is 6.54 Å². The molecule has 1 N–H and O–H groups in total. The second-order valence-corrected chi connectivity index (χ2v) is 4.40. The summed E-state index contributed by atoms with van der Waals surface area (Å²) in [6, 6.07) is 4.21. The SMILES string of the molecule is Cc1cc(F)ccc1C(=O)NCCC(C)C. The molecule has 1 amide bonds. The molecule has 2 nitrogen and oxygen atoms in total. The van der Waals surface area contributed by atoms with Crippen LogP contribution in [0.5, 0.6) is 0 Å². The third-order valence-electron chi connectivity index (χ3n) is 2.44. The Morgan fingerprint density at radius 3 is 2.69 bits per heavy atom. The summed E-state index contributed by atoms with van der Waals surface area (Å²) in [6.45, 7) is 6.61. The van der Waals surface area contributed by atoms with Crippen molar-refractivity contribution in [2.24, 2.45) is 5.92 Å². The van der Waals surface area contributed by atoms with Crippen molar-refractivity contribution < 1.29 is 9.18 Å². The van der Waals surface area contributed by atoms with Crippen molar-refractivity contribution in [3.8, 4) is 0 Å². The molecule has 0 aliphatic heterocycles. The summed E-state index contributed by atoms with van der Waals surface area (Å²) in [4.78, 5) is 11.7. The van der Waals surface area contributed by atoms with E-state index < -0.39 is 0 Å². The van der Waals surface area contributed by atoms with E-state index in [1.54, 1.807) is 6.92 Å². The molecule has 0 heterocycles. The van der Waals surface area contributed by atoms with Crippen molar-refractivity contribution in [1.29, 1.82) is 0 Å². The van der Waals surface area contributed by atoms with E-state index in [9.17, 15) is 9.18 Å². The van der Waals surface area contributed by atoms with E-state index in [-0.39, 0.29) is 11.7 Å². The molecule has 0 saturated heterocycles. The third-order valence-corrected chi connectivity index (χ3v) is 2.44. The van der Waals surface area contributed by atoms with Crippen LogP contribution in [0.2, 0.25) is 0 Å². The number of hydrogen-bond acceptors (Lipinski definition) is 1. The first kappa shape index (κ1) is 12.7. The normalized spacial score (nSPS) is 10.6. The Kier molecular flexibility index (Phi) is 4.47. The molecule has 0 aliphatic carbocycles. The van der Waals surface area contributed by atoms with Crippen LogP contribution in [-0.2, 0) is 0 Å². The summed E-state index contributed by atoms with van der Waals surface area (Å²) < 4.78 is 12.8. The highest BCUT2D eigenvalue weighted by Crippen LogP contribution is 2.10. The molecule has 16 heavy (non-hydrogen) atoms. The van der Waals surface area contributed by atoms with Gasteiger partial charge in [0.2, 0.25) is 0 Å². The molecule has 1 rings (SSSR count). The first-order valence-corrected chi connectivity index (χ1v) is 5.55. The number of benzene rings is 1. The van der Waals surface area contributed by atoms with Crippen molar-refractivity contribution >= 4 is 5.91 Å². The minimum Gasteiger partial charge on any atom is -0.352 e. The first-order chi connectivity index (χ1) is 7.50. The van der Waals surface area contributed by atoms with Gasteiger partial charge in [-0.3, -0.25) is 4.79 Å². The van der Waals surface area contributed by atoms with Crippen LogP contribution in [0.25, 0.3) is 0 Å². The zero-order valence-corrected chi connectivity index (χ0v) is 10.0. The molecular weight excluding hydrogens is 205 g/mol. The lowest BCUT2D eigenvalue weighted by Crippen LogP contribution is -2.26. The largest absolute Gasteiger partial charge is 0.352 e. The van der Waals surface area contributed by atoms with E-state index in [0.29, 0.717) is 23.6 Å². The molecule has 3 heteroatoms. The Labute approximate surface area is 95.9 Å². The average molecular weight is 223 g/mol. The summed E-state index contributed by atoms with van der Waals surface area (Å²) in [5.74, 6) is 0.129. The van der Waals surface area contributed by atoms with Crippen LogP contribution >= 0.6 is 0 Å². The van der Waals surface area contributed by atoms with Crippen molar-refractivity contribution in [1.82, 2.24) is 5.32 Å². The number of carbonyl (C=O) groups is 1. The van der Waals surface area contributed by atoms with E-state index in [0.717, 1.165) is 6.42 Å². The summed E-state index contributed by atoms with van der Waals surface area (Å²) >= 11 is 0. The van der Waals surface area contributed by atoms with Crippen molar-refractivity contribution in [3.05, 3.63) is 35.1 Å². The van der Waals surface area contributed by atoms with Gasteiger partial charge in [0.05, 0.1) is 0 Å². The van der Waals surface area contributed by atoms with Crippen LogP contribution in [-0.4, -0.2) is 12.5 Å². The summed E-state index contributed by atoms with van der Waals surface area (Å²) in [5.41, 5.74) is 1.22. The lowest BCUT2D eigenvalue weighted by molar-refractivity contribution is 0.0951. The van der Waals surface area contributed by atoms with Gasteiger partial charge < -0.3 is 5.32 Å². The fourth-order valence-electron chi connectivity index (χ4n) is 1.45. The third kappa shape index (κ3) is 3.65. The van der Waals surface area contributed by atoms with E-state index in [1.165, 1.54) is 18.2 Å². The lowest BCUT2D eigenvalue weighted by atomic mass is 10.1. The second kappa shape index (κ2) is 5.64. The molecule has 0 saturated carbocycles. The second-order valence-electron chi connectivity index (χ2n) is 4.40. The Balaban J connectivity index is 2.59. The molecule has 0 aliphatic rings. The number of halogens is 1. The molecule has 0 atom stereocenters. The molecule has 1 aromatic carbocycles. The Morgan fingerprint density at radius 2 is 2.12 bits per heavy atom. The predicted molar refractivity (Wildman–Crippen MR) is 62.9 cm³/mol. The number of aryl methyl sites for hydroxylation is 1. The van der Waals surface area contributed by atoms with Gasteiger partial charge in [-0.25, -0.2) is 4.39 Å². The minimum atomic E-state index is -0.309. The van der Waals surface area contributed by atoms with E-state index in [4.69, 9.17) is 0 Å². The number of hydrogen-bond donors (Lipinski definition) is 1. The predicted octanol–water partition coefficient (Wildman–Crippen LogP) is 2.91. The minimum absolute atomic E-state index is 0.127. The molecular formula is C13H18FNO. The monoisotopic (exact) mass is 223 g/mol. The van der Waals surface area contributed by atoms with Crippen LogP contribution in [0.3, 0.4) is 0 Å². The number of nitrogens with one attached hydrogen (secondary N) is 1. The lowest BCUT2D eigenvalue weighted by Gasteiger charge is -2.09. The Hall–Kier alpha value is -1.38. The molecule has 88 valence electrons. The molecule has 0 radical (unpaired) electrons. The maximum Gasteiger partial charge on any atom is 0.251 e. The fourth-order valence-corrected chi connectivity index (χ4v) is 1.45. The van der Waals surface area contributed by atoms with Crippen molar-refractivity contribution in [2.45, 2.75) is 27.2 Å². The summed E-state index contributed by atoms with van der Waals surface area (Å²) in [6.07, 6.45) is 0.950. The number of rotatable bonds is 4. The van der Waals surface area contributed by atoms with Gasteiger partial charge in [0.25, 0.3) is 5.91 Å². The van der Waals surface area contributed by atoms with E-state index in [1.807, 2.05) is 0 Å². The molecule has 0 bridgehead atoms. The molecule has 0 aromatic heterocycles. The molecule has 0 fully saturated rings. The van der Waals surface area contributed by atoms with Crippen LogP contribution in [0, 0.1) is 18.7 Å². The van der Waals surface area contributed by atoms with Gasteiger partial charge in [0.15, 0.2) is 0 Å². The van der Waals surface area contributed by atoms with E-state index in [2.05, 4.69) is 19.2 Å². The highest BCUT2D eigenvalue weighted by molar-refractivity contribution is 5.95.